The lowest BCUT2D eigenvalue weighted by molar-refractivity contribution is -0.147. The van der Waals surface area contributed by atoms with E-state index < -0.39 is 12.7 Å². The second-order valence-corrected chi connectivity index (χ2v) is 4.96. The van der Waals surface area contributed by atoms with Crippen LogP contribution in [0.5, 0.6) is 0 Å². The van der Waals surface area contributed by atoms with Gasteiger partial charge in [0.05, 0.1) is 6.54 Å². The molecular formula is C12H23F3N2. The van der Waals surface area contributed by atoms with E-state index in [1.165, 1.54) is 0 Å². The molecule has 5 heteroatoms. The summed E-state index contributed by atoms with van der Waals surface area (Å²) in [7, 11) is 0. The number of hydrogen-bond donors (Lipinski definition) is 1. The van der Waals surface area contributed by atoms with E-state index >= 15 is 0 Å². The Morgan fingerprint density at radius 1 is 1.35 bits per heavy atom. The number of halogens is 3. The van der Waals surface area contributed by atoms with Gasteiger partial charge in [-0.15, -0.1) is 0 Å². The maximum absolute atomic E-state index is 12.4. The molecule has 1 aliphatic carbocycles. The minimum Gasteiger partial charge on any atom is -0.314 e. The average Bonchev–Trinajstić information content (AvgIpc) is 3.03. The van der Waals surface area contributed by atoms with E-state index in [0.717, 1.165) is 32.2 Å². The van der Waals surface area contributed by atoms with Crippen molar-refractivity contribution in [3.63, 3.8) is 0 Å². The van der Waals surface area contributed by atoms with Gasteiger partial charge in [-0.2, -0.15) is 13.2 Å². The Labute approximate surface area is 102 Å². The highest BCUT2D eigenvalue weighted by Crippen LogP contribution is 2.30. The first-order chi connectivity index (χ1) is 7.92. The summed E-state index contributed by atoms with van der Waals surface area (Å²) >= 11 is 0. The van der Waals surface area contributed by atoms with E-state index in [-0.39, 0.29) is 6.04 Å². The van der Waals surface area contributed by atoms with Crippen molar-refractivity contribution in [2.75, 3.05) is 19.6 Å². The van der Waals surface area contributed by atoms with Gasteiger partial charge in [0.15, 0.2) is 0 Å². The van der Waals surface area contributed by atoms with Gasteiger partial charge in [-0.25, -0.2) is 0 Å². The Hall–Kier alpha value is -0.290. The fourth-order valence-electron chi connectivity index (χ4n) is 1.91. The number of hydrogen-bond acceptors (Lipinski definition) is 2. The summed E-state index contributed by atoms with van der Waals surface area (Å²) in [5.41, 5.74) is 0. The minimum atomic E-state index is -4.07. The monoisotopic (exact) mass is 252 g/mol. The van der Waals surface area contributed by atoms with E-state index in [4.69, 9.17) is 0 Å². The first-order valence-corrected chi connectivity index (χ1v) is 6.46. The van der Waals surface area contributed by atoms with Crippen LogP contribution in [0.4, 0.5) is 13.2 Å². The minimum absolute atomic E-state index is 0.176. The maximum atomic E-state index is 12.4. The van der Waals surface area contributed by atoms with Crippen LogP contribution in [0.25, 0.3) is 0 Å². The molecule has 0 aromatic heterocycles. The van der Waals surface area contributed by atoms with Gasteiger partial charge >= 0.3 is 6.18 Å². The van der Waals surface area contributed by atoms with E-state index in [1.54, 1.807) is 4.90 Å². The topological polar surface area (TPSA) is 15.3 Å². The zero-order valence-electron chi connectivity index (χ0n) is 10.7. The third-order valence-electron chi connectivity index (χ3n) is 3.04. The van der Waals surface area contributed by atoms with Crippen molar-refractivity contribution in [2.24, 2.45) is 0 Å². The molecule has 0 radical (unpaired) electrons. The quantitative estimate of drug-likeness (QED) is 0.714. The van der Waals surface area contributed by atoms with Crippen molar-refractivity contribution in [3.05, 3.63) is 0 Å². The predicted octanol–water partition coefficient (Wildman–Crippen LogP) is 2.79. The summed E-state index contributed by atoms with van der Waals surface area (Å²) in [5, 5.41) is 3.30. The van der Waals surface area contributed by atoms with Gasteiger partial charge in [-0.05, 0) is 39.2 Å². The normalized spacial score (nSPS) is 18.7. The van der Waals surface area contributed by atoms with Crippen molar-refractivity contribution >= 4 is 0 Å². The molecule has 0 aliphatic heterocycles. The molecule has 102 valence electrons. The highest BCUT2D eigenvalue weighted by molar-refractivity contribution is 4.86. The van der Waals surface area contributed by atoms with E-state index in [0.29, 0.717) is 12.6 Å². The van der Waals surface area contributed by atoms with Crippen molar-refractivity contribution in [2.45, 2.75) is 57.8 Å². The zero-order chi connectivity index (χ0) is 12.9. The van der Waals surface area contributed by atoms with Crippen LogP contribution in [0.15, 0.2) is 0 Å². The van der Waals surface area contributed by atoms with E-state index in [1.807, 2.05) is 6.92 Å². The fraction of sp³-hybridized carbons (Fsp3) is 1.00. The van der Waals surface area contributed by atoms with Gasteiger partial charge in [0, 0.05) is 18.6 Å². The number of nitrogens with one attached hydrogen (secondary N) is 1. The molecule has 0 aromatic carbocycles. The lowest BCUT2D eigenvalue weighted by Gasteiger charge is -2.25. The number of nitrogens with zero attached hydrogens (tertiary/aromatic N) is 1. The third kappa shape index (κ3) is 6.88. The molecule has 1 N–H and O–H groups in total. The summed E-state index contributed by atoms with van der Waals surface area (Å²) in [6.45, 7) is 4.85. The van der Waals surface area contributed by atoms with E-state index in [2.05, 4.69) is 12.2 Å². The zero-order valence-corrected chi connectivity index (χ0v) is 10.7. The second kappa shape index (κ2) is 6.59. The van der Waals surface area contributed by atoms with Gasteiger partial charge in [0.2, 0.25) is 0 Å². The molecule has 1 saturated carbocycles. The molecule has 0 aromatic rings. The average molecular weight is 252 g/mol. The summed E-state index contributed by atoms with van der Waals surface area (Å²) in [6.07, 6.45) is -0.381. The van der Waals surface area contributed by atoms with Crippen LogP contribution in [0.2, 0.25) is 0 Å². The standard InChI is InChI=1S/C12H23F3N2/c1-3-7-16-10(2)6-8-17(11-4-5-11)9-12(13,14)15/h10-11,16H,3-9H2,1-2H3. The van der Waals surface area contributed by atoms with Gasteiger partial charge < -0.3 is 5.32 Å². The molecule has 1 atom stereocenters. The smallest absolute Gasteiger partial charge is 0.314 e. The van der Waals surface area contributed by atoms with Crippen molar-refractivity contribution in [3.8, 4) is 0 Å². The highest BCUT2D eigenvalue weighted by atomic mass is 19.4. The molecule has 17 heavy (non-hydrogen) atoms. The van der Waals surface area contributed by atoms with Gasteiger partial charge in [-0.1, -0.05) is 6.92 Å². The third-order valence-corrected chi connectivity index (χ3v) is 3.04. The largest absolute Gasteiger partial charge is 0.401 e. The molecule has 1 rings (SSSR count). The molecule has 2 nitrogen and oxygen atoms in total. The Morgan fingerprint density at radius 2 is 2.00 bits per heavy atom. The van der Waals surface area contributed by atoms with Crippen molar-refractivity contribution in [1.29, 1.82) is 0 Å². The highest BCUT2D eigenvalue weighted by Gasteiger charge is 2.37. The Kier molecular flexibility index (Phi) is 5.73. The van der Waals surface area contributed by atoms with Crippen LogP contribution in [0.3, 0.4) is 0 Å². The Morgan fingerprint density at radius 3 is 2.47 bits per heavy atom. The van der Waals surface area contributed by atoms with E-state index in [9.17, 15) is 13.2 Å². The molecular weight excluding hydrogens is 229 g/mol. The van der Waals surface area contributed by atoms with Crippen LogP contribution in [0, 0.1) is 0 Å². The van der Waals surface area contributed by atoms with Crippen LogP contribution in [-0.4, -0.2) is 42.8 Å². The second-order valence-electron chi connectivity index (χ2n) is 4.96. The number of alkyl halides is 3. The molecule has 0 bridgehead atoms. The van der Waals surface area contributed by atoms with Crippen LogP contribution in [0.1, 0.15) is 39.5 Å². The van der Waals surface area contributed by atoms with Gasteiger partial charge in [0.1, 0.15) is 0 Å². The molecule has 0 amide bonds. The molecule has 1 aliphatic rings. The van der Waals surface area contributed by atoms with Gasteiger partial charge in [-0.3, -0.25) is 4.90 Å². The first-order valence-electron chi connectivity index (χ1n) is 6.46. The number of rotatable bonds is 8. The van der Waals surface area contributed by atoms with Crippen LogP contribution >= 0.6 is 0 Å². The summed E-state index contributed by atoms with van der Waals surface area (Å²) in [5.74, 6) is 0. The Balaban J connectivity index is 2.25. The van der Waals surface area contributed by atoms with Crippen LogP contribution in [-0.2, 0) is 0 Å². The molecule has 0 heterocycles. The first kappa shape index (κ1) is 14.8. The summed E-state index contributed by atoms with van der Waals surface area (Å²) in [4.78, 5) is 1.59. The predicted molar refractivity (Wildman–Crippen MR) is 63.0 cm³/mol. The maximum Gasteiger partial charge on any atom is 0.401 e. The SMILES string of the molecule is CCCNC(C)CCN(CC(F)(F)F)C1CC1. The summed E-state index contributed by atoms with van der Waals surface area (Å²) in [6, 6.07) is 0.472. The molecule has 1 unspecified atom stereocenters. The lowest BCUT2D eigenvalue weighted by atomic mass is 10.2. The lowest BCUT2D eigenvalue weighted by Crippen LogP contribution is -2.39. The molecule has 0 spiro atoms. The van der Waals surface area contributed by atoms with Gasteiger partial charge in [0.25, 0.3) is 0 Å². The van der Waals surface area contributed by atoms with Crippen molar-refractivity contribution in [1.82, 2.24) is 10.2 Å². The fourth-order valence-corrected chi connectivity index (χ4v) is 1.91. The van der Waals surface area contributed by atoms with Crippen LogP contribution < -0.4 is 5.32 Å². The Bertz CT molecular complexity index is 214. The molecule has 1 fully saturated rings. The summed E-state index contributed by atoms with van der Waals surface area (Å²) < 4.78 is 37.1. The van der Waals surface area contributed by atoms with Crippen molar-refractivity contribution < 1.29 is 13.2 Å². The molecule has 0 saturated heterocycles.